The summed E-state index contributed by atoms with van der Waals surface area (Å²) in [4.78, 5) is 22.5. The van der Waals surface area contributed by atoms with Gasteiger partial charge in [0.15, 0.2) is 5.78 Å². The van der Waals surface area contributed by atoms with E-state index in [2.05, 4.69) is 5.10 Å². The van der Waals surface area contributed by atoms with E-state index in [9.17, 15) is 14.9 Å². The SMILES string of the molecule is Cc1cn(CC(=O)c2coc3ccccc23)nc1[N+](=O)[O-]. The monoisotopic (exact) mass is 285 g/mol. The van der Waals surface area contributed by atoms with Crippen molar-refractivity contribution in [3.8, 4) is 0 Å². The molecule has 0 aliphatic carbocycles. The number of nitro groups is 1. The molecule has 0 saturated heterocycles. The number of aryl methyl sites for hydroxylation is 1. The highest BCUT2D eigenvalue weighted by atomic mass is 16.6. The highest BCUT2D eigenvalue weighted by molar-refractivity contribution is 6.06. The van der Waals surface area contributed by atoms with Crippen molar-refractivity contribution < 1.29 is 14.1 Å². The number of hydrogen-bond donors (Lipinski definition) is 0. The number of ketones is 1. The van der Waals surface area contributed by atoms with Crippen molar-refractivity contribution in [2.75, 3.05) is 0 Å². The Kier molecular flexibility index (Phi) is 3.02. The number of rotatable bonds is 4. The normalized spacial score (nSPS) is 10.9. The third-order valence-electron chi connectivity index (χ3n) is 3.18. The Balaban J connectivity index is 1.90. The predicted molar refractivity (Wildman–Crippen MR) is 74.2 cm³/mol. The van der Waals surface area contributed by atoms with E-state index in [0.717, 1.165) is 5.39 Å². The second-order valence-corrected chi connectivity index (χ2v) is 4.66. The Morgan fingerprint density at radius 2 is 2.19 bits per heavy atom. The number of para-hydroxylation sites is 1. The molecule has 106 valence electrons. The molecule has 7 heteroatoms. The summed E-state index contributed by atoms with van der Waals surface area (Å²) in [6, 6.07) is 7.20. The van der Waals surface area contributed by atoms with Crippen LogP contribution in [0.5, 0.6) is 0 Å². The lowest BCUT2D eigenvalue weighted by molar-refractivity contribution is -0.390. The third kappa shape index (κ3) is 2.29. The maximum Gasteiger partial charge on any atom is 0.392 e. The predicted octanol–water partition coefficient (Wildman–Crippen LogP) is 2.73. The molecule has 2 aromatic heterocycles. The molecule has 0 aliphatic heterocycles. The minimum atomic E-state index is -0.566. The molecular weight excluding hydrogens is 274 g/mol. The lowest BCUT2D eigenvalue weighted by Crippen LogP contribution is -2.10. The van der Waals surface area contributed by atoms with Gasteiger partial charge >= 0.3 is 5.82 Å². The highest BCUT2D eigenvalue weighted by Gasteiger charge is 2.20. The second kappa shape index (κ2) is 4.86. The quantitative estimate of drug-likeness (QED) is 0.417. The Morgan fingerprint density at radius 1 is 1.43 bits per heavy atom. The summed E-state index contributed by atoms with van der Waals surface area (Å²) in [7, 11) is 0. The average molecular weight is 285 g/mol. The molecule has 3 aromatic rings. The summed E-state index contributed by atoms with van der Waals surface area (Å²) in [5.74, 6) is -0.447. The molecule has 21 heavy (non-hydrogen) atoms. The standard InChI is InChI=1S/C14H11N3O4/c1-9-6-16(15-14(9)17(19)20)7-12(18)11-8-21-13-5-3-2-4-10(11)13/h2-6,8H,7H2,1H3. The van der Waals surface area contributed by atoms with E-state index in [1.807, 2.05) is 12.1 Å². The average Bonchev–Trinajstić information content (AvgIpc) is 3.02. The molecule has 0 saturated carbocycles. The molecule has 7 nitrogen and oxygen atoms in total. The number of hydrogen-bond acceptors (Lipinski definition) is 5. The lowest BCUT2D eigenvalue weighted by Gasteiger charge is -1.96. The van der Waals surface area contributed by atoms with Crippen LogP contribution in [0, 0.1) is 17.0 Å². The van der Waals surface area contributed by atoms with Crippen molar-refractivity contribution >= 4 is 22.6 Å². The summed E-state index contributed by atoms with van der Waals surface area (Å²) in [5.41, 5.74) is 1.50. The van der Waals surface area contributed by atoms with E-state index < -0.39 is 4.92 Å². The number of nitrogens with zero attached hydrogens (tertiary/aromatic N) is 3. The maximum absolute atomic E-state index is 12.3. The van der Waals surface area contributed by atoms with E-state index in [1.54, 1.807) is 19.1 Å². The van der Waals surface area contributed by atoms with Crippen molar-refractivity contribution in [2.24, 2.45) is 0 Å². The van der Waals surface area contributed by atoms with Gasteiger partial charge in [-0.2, -0.15) is 4.68 Å². The number of benzene rings is 1. The fraction of sp³-hybridized carbons (Fsp3) is 0.143. The van der Waals surface area contributed by atoms with Gasteiger partial charge in [-0.25, -0.2) is 0 Å². The first-order valence-corrected chi connectivity index (χ1v) is 6.24. The Labute approximate surface area is 118 Å². The van der Waals surface area contributed by atoms with Gasteiger partial charge in [0.25, 0.3) is 0 Å². The van der Waals surface area contributed by atoms with E-state index in [1.165, 1.54) is 17.1 Å². The van der Waals surface area contributed by atoms with Gasteiger partial charge in [-0.1, -0.05) is 18.2 Å². The maximum atomic E-state index is 12.3. The summed E-state index contributed by atoms with van der Waals surface area (Å²) in [6.07, 6.45) is 2.88. The van der Waals surface area contributed by atoms with Gasteiger partial charge in [-0.15, -0.1) is 0 Å². The molecule has 0 fully saturated rings. The topological polar surface area (TPSA) is 91.2 Å². The Bertz CT molecular complexity index is 847. The highest BCUT2D eigenvalue weighted by Crippen LogP contribution is 2.22. The van der Waals surface area contributed by atoms with Gasteiger partial charge < -0.3 is 14.5 Å². The first-order valence-electron chi connectivity index (χ1n) is 6.24. The number of furan rings is 1. The van der Waals surface area contributed by atoms with Gasteiger partial charge in [-0.05, 0) is 17.9 Å². The van der Waals surface area contributed by atoms with Gasteiger partial charge in [0.1, 0.15) is 18.4 Å². The van der Waals surface area contributed by atoms with Crippen LogP contribution in [-0.4, -0.2) is 20.5 Å². The minimum absolute atomic E-state index is 0.0712. The first kappa shape index (κ1) is 13.0. The molecule has 0 amide bonds. The molecular formula is C14H11N3O4. The largest absolute Gasteiger partial charge is 0.464 e. The molecule has 2 heterocycles. The van der Waals surface area contributed by atoms with Gasteiger partial charge in [0.05, 0.1) is 22.4 Å². The molecule has 0 N–H and O–H groups in total. The minimum Gasteiger partial charge on any atom is -0.464 e. The van der Waals surface area contributed by atoms with Crippen LogP contribution in [0.3, 0.4) is 0 Å². The van der Waals surface area contributed by atoms with Crippen molar-refractivity contribution in [3.63, 3.8) is 0 Å². The van der Waals surface area contributed by atoms with Crippen molar-refractivity contribution in [2.45, 2.75) is 13.5 Å². The molecule has 0 spiro atoms. The van der Waals surface area contributed by atoms with Crippen LogP contribution in [-0.2, 0) is 6.54 Å². The van der Waals surface area contributed by atoms with Gasteiger partial charge in [0, 0.05) is 5.39 Å². The molecule has 0 aliphatic rings. The van der Waals surface area contributed by atoms with Crippen LogP contribution >= 0.6 is 0 Å². The van der Waals surface area contributed by atoms with Gasteiger partial charge in [-0.3, -0.25) is 4.79 Å². The van der Waals surface area contributed by atoms with Crippen LogP contribution in [0.25, 0.3) is 11.0 Å². The molecule has 0 unspecified atom stereocenters. The van der Waals surface area contributed by atoms with Crippen molar-refractivity contribution in [3.05, 3.63) is 58.0 Å². The van der Waals surface area contributed by atoms with Crippen LogP contribution < -0.4 is 0 Å². The molecule has 0 bridgehead atoms. The molecule has 1 aromatic carbocycles. The van der Waals surface area contributed by atoms with Gasteiger partial charge in [0.2, 0.25) is 0 Å². The van der Waals surface area contributed by atoms with Crippen molar-refractivity contribution in [1.82, 2.24) is 9.78 Å². The van der Waals surface area contributed by atoms with Crippen molar-refractivity contribution in [1.29, 1.82) is 0 Å². The fourth-order valence-electron chi connectivity index (χ4n) is 2.20. The molecule has 0 radical (unpaired) electrons. The number of fused-ring (bicyclic) bond motifs is 1. The van der Waals surface area contributed by atoms with Crippen LogP contribution in [0.2, 0.25) is 0 Å². The zero-order valence-corrected chi connectivity index (χ0v) is 11.1. The smallest absolute Gasteiger partial charge is 0.392 e. The van der Waals surface area contributed by atoms with Crippen LogP contribution in [0.1, 0.15) is 15.9 Å². The van der Waals surface area contributed by atoms with E-state index in [-0.39, 0.29) is 18.1 Å². The van der Waals surface area contributed by atoms with Crippen LogP contribution in [0.15, 0.2) is 41.1 Å². The molecule has 0 atom stereocenters. The summed E-state index contributed by atoms with van der Waals surface area (Å²) >= 11 is 0. The Hall–Kier alpha value is -2.96. The number of Topliss-reactive ketones (excluding diaryl/α,β-unsaturated/α-hetero) is 1. The summed E-state index contributed by atoms with van der Waals surface area (Å²) < 4.78 is 6.59. The number of carbonyl (C=O) groups excluding carboxylic acids is 1. The zero-order chi connectivity index (χ0) is 15.0. The number of aromatic nitrogens is 2. The number of carbonyl (C=O) groups is 1. The third-order valence-corrected chi connectivity index (χ3v) is 3.18. The lowest BCUT2D eigenvalue weighted by atomic mass is 10.1. The Morgan fingerprint density at radius 3 is 2.90 bits per heavy atom. The first-order chi connectivity index (χ1) is 10.1. The second-order valence-electron chi connectivity index (χ2n) is 4.66. The zero-order valence-electron chi connectivity index (χ0n) is 11.1. The van der Waals surface area contributed by atoms with E-state index >= 15 is 0 Å². The molecule has 3 rings (SSSR count). The summed E-state index contributed by atoms with van der Waals surface area (Å²) in [6.45, 7) is 1.51. The summed E-state index contributed by atoms with van der Waals surface area (Å²) in [5, 5.41) is 15.3. The fourth-order valence-corrected chi connectivity index (χ4v) is 2.20. The van der Waals surface area contributed by atoms with E-state index in [4.69, 9.17) is 4.42 Å². The van der Waals surface area contributed by atoms with E-state index in [0.29, 0.717) is 16.7 Å². The van der Waals surface area contributed by atoms with Crippen LogP contribution in [0.4, 0.5) is 5.82 Å².